The molecule has 3 heterocycles. The molecule has 0 unspecified atom stereocenters. The fraction of sp³-hybridized carbons (Fsp3) is 0.444. The minimum Gasteiger partial charge on any atom is -0.466 e. The quantitative estimate of drug-likeness (QED) is 0.824. The Kier molecular flexibility index (Phi) is 5.83. The number of amides is 2. The maximum atomic E-state index is 12.4. The molecule has 1 saturated heterocycles. The van der Waals surface area contributed by atoms with Gasteiger partial charge >= 0.3 is 12.0 Å². The van der Waals surface area contributed by atoms with Crippen molar-refractivity contribution in [3.8, 4) is 5.82 Å². The van der Waals surface area contributed by atoms with Gasteiger partial charge in [-0.1, -0.05) is 0 Å². The zero-order chi connectivity index (χ0) is 18.4. The minimum absolute atomic E-state index is 0.101. The van der Waals surface area contributed by atoms with Gasteiger partial charge in [-0.15, -0.1) is 0 Å². The Labute approximate surface area is 152 Å². The molecular formula is C18H23N5O3. The second kappa shape index (κ2) is 8.46. The molecule has 0 radical (unpaired) electrons. The van der Waals surface area contributed by atoms with E-state index in [4.69, 9.17) is 4.74 Å². The number of hydrogen-bond acceptors (Lipinski definition) is 5. The summed E-state index contributed by atoms with van der Waals surface area (Å²) in [5.74, 6) is 0.448. The van der Waals surface area contributed by atoms with Crippen LogP contribution in [-0.4, -0.2) is 51.4 Å². The molecule has 2 aromatic heterocycles. The second-order valence-corrected chi connectivity index (χ2v) is 6.14. The Hall–Kier alpha value is -2.90. The van der Waals surface area contributed by atoms with E-state index in [1.165, 1.54) is 0 Å². The van der Waals surface area contributed by atoms with Crippen LogP contribution in [0.4, 0.5) is 4.79 Å². The first-order chi connectivity index (χ1) is 12.7. The smallest absolute Gasteiger partial charge is 0.317 e. The first kappa shape index (κ1) is 17.9. The molecule has 26 heavy (non-hydrogen) atoms. The van der Waals surface area contributed by atoms with Crippen LogP contribution in [0.1, 0.15) is 25.3 Å². The number of carbonyl (C=O) groups excluding carboxylic acids is 2. The third-order valence-electron chi connectivity index (χ3n) is 4.39. The van der Waals surface area contributed by atoms with Crippen molar-refractivity contribution in [1.82, 2.24) is 25.0 Å². The summed E-state index contributed by atoms with van der Waals surface area (Å²) in [5, 5.41) is 7.08. The summed E-state index contributed by atoms with van der Waals surface area (Å²) < 4.78 is 6.73. The highest BCUT2D eigenvalue weighted by Crippen LogP contribution is 2.18. The molecule has 8 heteroatoms. The van der Waals surface area contributed by atoms with Gasteiger partial charge in [0.1, 0.15) is 0 Å². The normalized spacial score (nSPS) is 14.9. The van der Waals surface area contributed by atoms with E-state index in [2.05, 4.69) is 15.4 Å². The van der Waals surface area contributed by atoms with Gasteiger partial charge in [0, 0.05) is 38.2 Å². The van der Waals surface area contributed by atoms with Crippen LogP contribution >= 0.6 is 0 Å². The van der Waals surface area contributed by atoms with Crippen LogP contribution in [0.2, 0.25) is 0 Å². The average Bonchev–Trinajstić information content (AvgIpc) is 3.21. The number of rotatable bonds is 5. The van der Waals surface area contributed by atoms with Crippen molar-refractivity contribution in [2.24, 2.45) is 5.92 Å². The molecular weight excluding hydrogens is 334 g/mol. The van der Waals surface area contributed by atoms with Gasteiger partial charge in [-0.25, -0.2) is 14.5 Å². The monoisotopic (exact) mass is 357 g/mol. The van der Waals surface area contributed by atoms with Crippen LogP contribution in [0, 0.1) is 5.92 Å². The van der Waals surface area contributed by atoms with Gasteiger partial charge in [0.25, 0.3) is 0 Å². The van der Waals surface area contributed by atoms with E-state index in [1.54, 1.807) is 28.9 Å². The number of piperidine rings is 1. The number of urea groups is 1. The zero-order valence-corrected chi connectivity index (χ0v) is 14.8. The summed E-state index contributed by atoms with van der Waals surface area (Å²) in [6, 6.07) is 5.46. The molecule has 138 valence electrons. The Morgan fingerprint density at radius 3 is 2.81 bits per heavy atom. The molecule has 3 rings (SSSR count). The number of likely N-dealkylation sites (tertiary alicyclic amines) is 1. The van der Waals surface area contributed by atoms with E-state index >= 15 is 0 Å². The van der Waals surface area contributed by atoms with Gasteiger partial charge in [-0.3, -0.25) is 4.79 Å². The summed E-state index contributed by atoms with van der Waals surface area (Å²) in [4.78, 5) is 30.1. The summed E-state index contributed by atoms with van der Waals surface area (Å²) in [5.41, 5.74) is 0.945. The molecule has 0 aromatic carbocycles. The van der Waals surface area contributed by atoms with Crippen LogP contribution in [0.3, 0.4) is 0 Å². The topological polar surface area (TPSA) is 89.4 Å². The molecule has 0 spiro atoms. The second-order valence-electron chi connectivity index (χ2n) is 6.14. The molecule has 2 amide bonds. The fourth-order valence-electron chi connectivity index (χ4n) is 2.97. The highest BCUT2D eigenvalue weighted by Gasteiger charge is 2.28. The molecule has 0 saturated carbocycles. The van der Waals surface area contributed by atoms with Gasteiger partial charge in [-0.2, -0.15) is 5.10 Å². The Balaban J connectivity index is 1.49. The highest BCUT2D eigenvalue weighted by molar-refractivity contribution is 5.76. The third kappa shape index (κ3) is 4.38. The van der Waals surface area contributed by atoms with Gasteiger partial charge in [-0.05, 0) is 43.5 Å². The van der Waals surface area contributed by atoms with E-state index in [0.29, 0.717) is 44.9 Å². The van der Waals surface area contributed by atoms with Crippen molar-refractivity contribution >= 4 is 12.0 Å². The maximum Gasteiger partial charge on any atom is 0.317 e. The van der Waals surface area contributed by atoms with Crippen LogP contribution in [0.25, 0.3) is 5.82 Å². The molecule has 2 aromatic rings. The lowest BCUT2D eigenvalue weighted by Crippen LogP contribution is -2.45. The van der Waals surface area contributed by atoms with Crippen LogP contribution in [0.5, 0.6) is 0 Å². The molecule has 1 N–H and O–H groups in total. The summed E-state index contributed by atoms with van der Waals surface area (Å²) in [6.07, 6.45) is 6.49. The first-order valence-electron chi connectivity index (χ1n) is 8.81. The van der Waals surface area contributed by atoms with Crippen LogP contribution in [-0.2, 0) is 16.1 Å². The van der Waals surface area contributed by atoms with Gasteiger partial charge in [0.05, 0.1) is 12.5 Å². The standard InChI is InChI=1S/C18H23N5O3/c1-2-26-17(24)15-5-10-22(11-6-15)18(25)20-13-14-4-8-19-16(12-14)23-9-3-7-21-23/h3-4,7-9,12,15H,2,5-6,10-11,13H2,1H3,(H,20,25). The first-order valence-corrected chi connectivity index (χ1v) is 8.81. The number of nitrogens with zero attached hydrogens (tertiary/aromatic N) is 4. The molecule has 0 aliphatic carbocycles. The van der Waals surface area contributed by atoms with E-state index in [1.807, 2.05) is 24.4 Å². The van der Waals surface area contributed by atoms with E-state index < -0.39 is 0 Å². The largest absolute Gasteiger partial charge is 0.466 e. The van der Waals surface area contributed by atoms with Crippen molar-refractivity contribution in [3.05, 3.63) is 42.4 Å². The summed E-state index contributed by atoms with van der Waals surface area (Å²) in [7, 11) is 0. The number of aromatic nitrogens is 3. The molecule has 0 bridgehead atoms. The summed E-state index contributed by atoms with van der Waals surface area (Å²) >= 11 is 0. The number of carbonyl (C=O) groups is 2. The van der Waals surface area contributed by atoms with E-state index in [0.717, 1.165) is 5.56 Å². The predicted octanol–water partition coefficient (Wildman–Crippen LogP) is 1.75. The Morgan fingerprint density at radius 1 is 1.31 bits per heavy atom. The lowest BCUT2D eigenvalue weighted by Gasteiger charge is -2.30. The fourth-order valence-corrected chi connectivity index (χ4v) is 2.97. The lowest BCUT2D eigenvalue weighted by molar-refractivity contribution is -0.149. The molecule has 0 atom stereocenters. The number of pyridine rings is 1. The van der Waals surface area contributed by atoms with Crippen molar-refractivity contribution in [1.29, 1.82) is 0 Å². The Bertz CT molecular complexity index is 739. The van der Waals surface area contributed by atoms with Crippen molar-refractivity contribution in [3.63, 3.8) is 0 Å². The van der Waals surface area contributed by atoms with Gasteiger partial charge in [0.2, 0.25) is 0 Å². The molecule has 8 nitrogen and oxygen atoms in total. The van der Waals surface area contributed by atoms with E-state index in [9.17, 15) is 9.59 Å². The van der Waals surface area contributed by atoms with Crippen LogP contribution < -0.4 is 5.32 Å². The van der Waals surface area contributed by atoms with Crippen molar-refractivity contribution in [2.45, 2.75) is 26.3 Å². The predicted molar refractivity (Wildman–Crippen MR) is 94.5 cm³/mol. The maximum absolute atomic E-state index is 12.4. The molecule has 1 fully saturated rings. The molecule has 1 aliphatic rings. The molecule has 1 aliphatic heterocycles. The Morgan fingerprint density at radius 2 is 2.12 bits per heavy atom. The number of hydrogen-bond donors (Lipinski definition) is 1. The van der Waals surface area contributed by atoms with Crippen LogP contribution in [0.15, 0.2) is 36.8 Å². The number of nitrogens with one attached hydrogen (secondary N) is 1. The van der Waals surface area contributed by atoms with Crippen molar-refractivity contribution < 1.29 is 14.3 Å². The summed E-state index contributed by atoms with van der Waals surface area (Å²) in [6.45, 7) is 3.73. The van der Waals surface area contributed by atoms with Crippen molar-refractivity contribution in [2.75, 3.05) is 19.7 Å². The zero-order valence-electron chi connectivity index (χ0n) is 14.8. The number of esters is 1. The van der Waals surface area contributed by atoms with Gasteiger partial charge in [0.15, 0.2) is 5.82 Å². The average molecular weight is 357 g/mol. The number of ether oxygens (including phenoxy) is 1. The SMILES string of the molecule is CCOC(=O)C1CCN(C(=O)NCc2ccnc(-n3cccn3)c2)CC1. The lowest BCUT2D eigenvalue weighted by atomic mass is 9.97. The van der Waals surface area contributed by atoms with E-state index in [-0.39, 0.29) is 17.9 Å². The van der Waals surface area contributed by atoms with Gasteiger partial charge < -0.3 is 15.0 Å². The minimum atomic E-state index is -0.157. The highest BCUT2D eigenvalue weighted by atomic mass is 16.5. The third-order valence-corrected chi connectivity index (χ3v) is 4.39.